The monoisotopic (exact) mass is 240 g/mol. The van der Waals surface area contributed by atoms with Gasteiger partial charge in [-0.05, 0) is 33.0 Å². The first-order chi connectivity index (χ1) is 7.65. The van der Waals surface area contributed by atoms with Crippen molar-refractivity contribution in [3.63, 3.8) is 0 Å². The Labute approximate surface area is 101 Å². The SMILES string of the molecule is Cc1cc(Cl)nc(CN(C)C2CCNC2)n1. The van der Waals surface area contributed by atoms with Crippen molar-refractivity contribution in [1.82, 2.24) is 20.2 Å². The predicted octanol–water partition coefficient (Wildman–Crippen LogP) is 1.23. The molecule has 2 heterocycles. The second-order valence-corrected chi connectivity index (χ2v) is 4.70. The number of rotatable bonds is 3. The third-order valence-corrected chi connectivity index (χ3v) is 3.11. The molecule has 0 spiro atoms. The molecule has 1 aromatic rings. The molecule has 88 valence electrons. The largest absolute Gasteiger partial charge is 0.315 e. The van der Waals surface area contributed by atoms with E-state index in [0.717, 1.165) is 31.2 Å². The van der Waals surface area contributed by atoms with E-state index in [1.54, 1.807) is 6.07 Å². The maximum atomic E-state index is 5.91. The van der Waals surface area contributed by atoms with E-state index in [4.69, 9.17) is 11.6 Å². The molecular formula is C11H17ClN4. The Kier molecular flexibility index (Phi) is 3.74. The van der Waals surface area contributed by atoms with E-state index < -0.39 is 0 Å². The van der Waals surface area contributed by atoms with Crippen molar-refractivity contribution in [2.24, 2.45) is 0 Å². The molecule has 1 fully saturated rings. The lowest BCUT2D eigenvalue weighted by molar-refractivity contribution is 0.243. The van der Waals surface area contributed by atoms with Gasteiger partial charge in [-0.25, -0.2) is 9.97 Å². The lowest BCUT2D eigenvalue weighted by Crippen LogP contribution is -2.33. The Bertz CT molecular complexity index is 343. The van der Waals surface area contributed by atoms with Crippen LogP contribution in [0.2, 0.25) is 5.15 Å². The van der Waals surface area contributed by atoms with Gasteiger partial charge in [0.15, 0.2) is 0 Å². The number of halogens is 1. The highest BCUT2D eigenvalue weighted by atomic mass is 35.5. The lowest BCUT2D eigenvalue weighted by Gasteiger charge is -2.22. The van der Waals surface area contributed by atoms with Gasteiger partial charge in [-0.15, -0.1) is 0 Å². The fraction of sp³-hybridized carbons (Fsp3) is 0.636. The van der Waals surface area contributed by atoms with E-state index >= 15 is 0 Å². The number of aryl methyl sites for hydroxylation is 1. The van der Waals surface area contributed by atoms with Gasteiger partial charge in [-0.3, -0.25) is 4.90 Å². The lowest BCUT2D eigenvalue weighted by atomic mass is 10.2. The normalized spacial score (nSPS) is 20.6. The molecule has 0 amide bonds. The minimum absolute atomic E-state index is 0.528. The molecule has 1 unspecified atom stereocenters. The van der Waals surface area contributed by atoms with Gasteiger partial charge >= 0.3 is 0 Å². The summed E-state index contributed by atoms with van der Waals surface area (Å²) in [7, 11) is 2.11. The first-order valence-electron chi connectivity index (χ1n) is 5.56. The minimum Gasteiger partial charge on any atom is -0.315 e. The molecule has 1 aliphatic rings. The van der Waals surface area contributed by atoms with Crippen LogP contribution in [0.3, 0.4) is 0 Å². The van der Waals surface area contributed by atoms with Crippen LogP contribution in [0, 0.1) is 6.92 Å². The van der Waals surface area contributed by atoms with E-state index in [1.807, 2.05) is 6.92 Å². The van der Waals surface area contributed by atoms with E-state index in [1.165, 1.54) is 6.42 Å². The summed E-state index contributed by atoms with van der Waals surface area (Å²) in [4.78, 5) is 10.9. The highest BCUT2D eigenvalue weighted by Gasteiger charge is 2.19. The average molecular weight is 241 g/mol. The number of hydrogen-bond acceptors (Lipinski definition) is 4. The van der Waals surface area contributed by atoms with Gasteiger partial charge < -0.3 is 5.32 Å². The number of likely N-dealkylation sites (N-methyl/N-ethyl adjacent to an activating group) is 1. The van der Waals surface area contributed by atoms with Crippen molar-refractivity contribution in [2.45, 2.75) is 25.9 Å². The fourth-order valence-electron chi connectivity index (χ4n) is 2.03. The van der Waals surface area contributed by atoms with Crippen molar-refractivity contribution in [3.8, 4) is 0 Å². The van der Waals surface area contributed by atoms with Gasteiger partial charge in [-0.2, -0.15) is 0 Å². The van der Waals surface area contributed by atoms with Gasteiger partial charge in [-0.1, -0.05) is 11.6 Å². The van der Waals surface area contributed by atoms with Crippen LogP contribution in [-0.2, 0) is 6.54 Å². The third kappa shape index (κ3) is 2.90. The standard InChI is InChI=1S/C11H17ClN4/c1-8-5-10(12)15-11(14-8)7-16(2)9-3-4-13-6-9/h5,9,13H,3-4,6-7H2,1-2H3. The molecule has 16 heavy (non-hydrogen) atoms. The quantitative estimate of drug-likeness (QED) is 0.807. The molecule has 2 rings (SSSR count). The van der Waals surface area contributed by atoms with E-state index in [-0.39, 0.29) is 0 Å². The summed E-state index contributed by atoms with van der Waals surface area (Å²) in [6, 6.07) is 2.37. The number of nitrogens with one attached hydrogen (secondary N) is 1. The average Bonchev–Trinajstić information content (AvgIpc) is 2.68. The molecule has 0 aromatic carbocycles. The van der Waals surface area contributed by atoms with Crippen LogP contribution in [-0.4, -0.2) is 41.0 Å². The summed E-state index contributed by atoms with van der Waals surface area (Å²) in [5.74, 6) is 0.805. The Balaban J connectivity index is 2.02. The predicted molar refractivity (Wildman–Crippen MR) is 64.5 cm³/mol. The maximum Gasteiger partial charge on any atom is 0.144 e. The Morgan fingerprint density at radius 2 is 2.38 bits per heavy atom. The summed E-state index contributed by atoms with van der Waals surface area (Å²) in [6.45, 7) is 4.85. The Morgan fingerprint density at radius 1 is 1.56 bits per heavy atom. The fourth-order valence-corrected chi connectivity index (χ4v) is 2.28. The third-order valence-electron chi connectivity index (χ3n) is 2.92. The molecule has 0 saturated carbocycles. The molecule has 4 nitrogen and oxygen atoms in total. The Hall–Kier alpha value is -0.710. The summed E-state index contributed by atoms with van der Waals surface area (Å²) >= 11 is 5.91. The second-order valence-electron chi connectivity index (χ2n) is 4.31. The highest BCUT2D eigenvalue weighted by molar-refractivity contribution is 6.29. The van der Waals surface area contributed by atoms with Crippen LogP contribution >= 0.6 is 11.6 Å². The van der Waals surface area contributed by atoms with Crippen LogP contribution < -0.4 is 5.32 Å². The maximum absolute atomic E-state index is 5.91. The first-order valence-corrected chi connectivity index (χ1v) is 5.94. The topological polar surface area (TPSA) is 41.1 Å². The van der Waals surface area contributed by atoms with Crippen LogP contribution in [0.25, 0.3) is 0 Å². The number of hydrogen-bond donors (Lipinski definition) is 1. The van der Waals surface area contributed by atoms with E-state index in [0.29, 0.717) is 11.2 Å². The van der Waals surface area contributed by atoms with Crippen molar-refractivity contribution >= 4 is 11.6 Å². The number of nitrogens with zero attached hydrogens (tertiary/aromatic N) is 3. The van der Waals surface area contributed by atoms with Crippen LogP contribution in [0.5, 0.6) is 0 Å². The minimum atomic E-state index is 0.528. The van der Waals surface area contributed by atoms with Crippen LogP contribution in [0.15, 0.2) is 6.07 Å². The van der Waals surface area contributed by atoms with E-state index in [9.17, 15) is 0 Å². The van der Waals surface area contributed by atoms with Gasteiger partial charge in [0.2, 0.25) is 0 Å². The summed E-state index contributed by atoms with van der Waals surface area (Å²) < 4.78 is 0. The molecular weight excluding hydrogens is 224 g/mol. The molecule has 1 saturated heterocycles. The molecule has 1 atom stereocenters. The highest BCUT2D eigenvalue weighted by Crippen LogP contribution is 2.11. The zero-order valence-corrected chi connectivity index (χ0v) is 10.5. The van der Waals surface area contributed by atoms with Crippen LogP contribution in [0.4, 0.5) is 0 Å². The molecule has 0 aliphatic carbocycles. The zero-order valence-electron chi connectivity index (χ0n) is 9.70. The number of aromatic nitrogens is 2. The summed E-state index contributed by atoms with van der Waals surface area (Å²) in [5.41, 5.74) is 0.924. The Morgan fingerprint density at radius 3 is 3.00 bits per heavy atom. The molecule has 1 aliphatic heterocycles. The zero-order chi connectivity index (χ0) is 11.5. The van der Waals surface area contributed by atoms with Crippen molar-refractivity contribution in [2.75, 3.05) is 20.1 Å². The molecule has 5 heteroatoms. The van der Waals surface area contributed by atoms with Crippen molar-refractivity contribution in [3.05, 3.63) is 22.7 Å². The summed E-state index contributed by atoms with van der Waals surface area (Å²) in [6.07, 6.45) is 1.19. The van der Waals surface area contributed by atoms with Gasteiger partial charge in [0.25, 0.3) is 0 Å². The van der Waals surface area contributed by atoms with Gasteiger partial charge in [0.05, 0.1) is 6.54 Å². The van der Waals surface area contributed by atoms with E-state index in [2.05, 4.69) is 27.2 Å². The van der Waals surface area contributed by atoms with Crippen LogP contribution in [0.1, 0.15) is 17.9 Å². The van der Waals surface area contributed by atoms with Gasteiger partial charge in [0, 0.05) is 18.3 Å². The first kappa shape index (κ1) is 11.8. The molecule has 0 bridgehead atoms. The smallest absolute Gasteiger partial charge is 0.144 e. The van der Waals surface area contributed by atoms with Crippen molar-refractivity contribution in [1.29, 1.82) is 0 Å². The van der Waals surface area contributed by atoms with Crippen molar-refractivity contribution < 1.29 is 0 Å². The second kappa shape index (κ2) is 5.08. The molecule has 1 aromatic heterocycles. The molecule has 1 N–H and O–H groups in total. The molecule has 0 radical (unpaired) electrons. The summed E-state index contributed by atoms with van der Waals surface area (Å²) in [5, 5.41) is 3.88. The van der Waals surface area contributed by atoms with Gasteiger partial charge in [0.1, 0.15) is 11.0 Å².